The third-order valence-corrected chi connectivity index (χ3v) is 4.85. The van der Waals surface area contributed by atoms with Crippen molar-refractivity contribution in [3.8, 4) is 5.75 Å². The summed E-state index contributed by atoms with van der Waals surface area (Å²) in [5.41, 5.74) is 1.12. The molecule has 0 unspecified atom stereocenters. The Morgan fingerprint density at radius 1 is 1.28 bits per heavy atom. The molecule has 1 aliphatic heterocycles. The zero-order chi connectivity index (χ0) is 17.6. The first-order valence-corrected chi connectivity index (χ1v) is 8.84. The maximum Gasteiger partial charge on any atom is 0.244 e. The van der Waals surface area contributed by atoms with E-state index < -0.39 is 0 Å². The SMILES string of the molecule is COc1ccccc1[C@H](CNC(=O)[C@@H](C)n1cccn1)N1CCCC1. The Labute approximate surface area is 148 Å². The predicted octanol–water partition coefficient (Wildman–Crippen LogP) is 2.41. The second-order valence-corrected chi connectivity index (χ2v) is 6.41. The fourth-order valence-corrected chi connectivity index (χ4v) is 3.41. The van der Waals surface area contributed by atoms with Crippen LogP contribution in [0.3, 0.4) is 0 Å². The first-order chi connectivity index (χ1) is 12.2. The first-order valence-electron chi connectivity index (χ1n) is 8.84. The van der Waals surface area contributed by atoms with Gasteiger partial charge >= 0.3 is 0 Å². The molecule has 1 aromatic heterocycles. The summed E-state index contributed by atoms with van der Waals surface area (Å²) in [5.74, 6) is 0.844. The minimum absolute atomic E-state index is 0.0252. The van der Waals surface area contributed by atoms with Gasteiger partial charge in [0.15, 0.2) is 0 Å². The van der Waals surface area contributed by atoms with Gasteiger partial charge in [-0.2, -0.15) is 5.10 Å². The first kappa shape index (κ1) is 17.5. The lowest BCUT2D eigenvalue weighted by atomic mass is 10.0. The van der Waals surface area contributed by atoms with Crippen molar-refractivity contribution in [2.75, 3.05) is 26.7 Å². The fourth-order valence-electron chi connectivity index (χ4n) is 3.41. The molecule has 1 aliphatic rings. The number of nitrogens with one attached hydrogen (secondary N) is 1. The second kappa shape index (κ2) is 8.16. The van der Waals surface area contributed by atoms with E-state index in [1.807, 2.05) is 37.4 Å². The third-order valence-electron chi connectivity index (χ3n) is 4.85. The number of rotatable bonds is 7. The van der Waals surface area contributed by atoms with Crippen molar-refractivity contribution in [1.29, 1.82) is 0 Å². The van der Waals surface area contributed by atoms with Gasteiger partial charge < -0.3 is 10.1 Å². The van der Waals surface area contributed by atoms with Gasteiger partial charge in [-0.1, -0.05) is 18.2 Å². The van der Waals surface area contributed by atoms with Gasteiger partial charge in [0.1, 0.15) is 11.8 Å². The number of benzene rings is 1. The number of hydrogen-bond donors (Lipinski definition) is 1. The van der Waals surface area contributed by atoms with E-state index in [0.29, 0.717) is 6.54 Å². The Hall–Kier alpha value is -2.34. The van der Waals surface area contributed by atoms with E-state index in [1.165, 1.54) is 12.8 Å². The summed E-state index contributed by atoms with van der Waals surface area (Å²) in [6, 6.07) is 9.68. The number of nitrogens with zero attached hydrogens (tertiary/aromatic N) is 3. The summed E-state index contributed by atoms with van der Waals surface area (Å²) in [7, 11) is 1.69. The molecule has 1 fully saturated rings. The maximum absolute atomic E-state index is 12.5. The van der Waals surface area contributed by atoms with Crippen LogP contribution in [-0.4, -0.2) is 47.3 Å². The van der Waals surface area contributed by atoms with Crippen molar-refractivity contribution in [2.24, 2.45) is 0 Å². The van der Waals surface area contributed by atoms with Crippen molar-refractivity contribution in [3.05, 3.63) is 48.3 Å². The number of carbonyl (C=O) groups excluding carboxylic acids is 1. The third kappa shape index (κ3) is 4.02. The normalized spacial score (nSPS) is 17.2. The van der Waals surface area contributed by atoms with Gasteiger partial charge in [-0.15, -0.1) is 0 Å². The molecule has 0 radical (unpaired) electrons. The Morgan fingerprint density at radius 3 is 2.72 bits per heavy atom. The molecule has 0 spiro atoms. The van der Waals surface area contributed by atoms with Crippen LogP contribution in [-0.2, 0) is 4.79 Å². The number of aromatic nitrogens is 2. The molecule has 0 saturated carbocycles. The van der Waals surface area contributed by atoms with Gasteiger partial charge in [-0.25, -0.2) is 0 Å². The number of likely N-dealkylation sites (tertiary alicyclic amines) is 1. The van der Waals surface area contributed by atoms with Gasteiger partial charge in [0.2, 0.25) is 5.91 Å². The van der Waals surface area contributed by atoms with Gasteiger partial charge in [0.25, 0.3) is 0 Å². The molecule has 1 saturated heterocycles. The molecular formula is C19H26N4O2. The lowest BCUT2D eigenvalue weighted by molar-refractivity contribution is -0.124. The largest absolute Gasteiger partial charge is 0.496 e. The van der Waals surface area contributed by atoms with E-state index in [9.17, 15) is 4.79 Å². The van der Waals surface area contributed by atoms with Crippen molar-refractivity contribution in [2.45, 2.75) is 31.8 Å². The van der Waals surface area contributed by atoms with Gasteiger partial charge in [-0.05, 0) is 45.0 Å². The average Bonchev–Trinajstić information content (AvgIpc) is 3.35. The van der Waals surface area contributed by atoms with Crippen LogP contribution < -0.4 is 10.1 Å². The zero-order valence-electron chi connectivity index (χ0n) is 14.9. The van der Waals surface area contributed by atoms with Gasteiger partial charge in [0.05, 0.1) is 13.2 Å². The molecule has 3 rings (SSSR count). The molecule has 1 N–H and O–H groups in total. The summed E-state index contributed by atoms with van der Waals surface area (Å²) in [6.45, 7) is 4.52. The minimum atomic E-state index is -0.327. The maximum atomic E-state index is 12.5. The molecule has 2 aromatic rings. The second-order valence-electron chi connectivity index (χ2n) is 6.41. The molecule has 6 nitrogen and oxygen atoms in total. The molecule has 6 heteroatoms. The van der Waals surface area contributed by atoms with E-state index in [0.717, 1.165) is 24.4 Å². The van der Waals surface area contributed by atoms with Crippen molar-refractivity contribution in [1.82, 2.24) is 20.0 Å². The van der Waals surface area contributed by atoms with Gasteiger partial charge in [0, 0.05) is 24.5 Å². The summed E-state index contributed by atoms with van der Waals surface area (Å²) in [6.07, 6.45) is 5.89. The molecule has 134 valence electrons. The molecule has 2 atom stereocenters. The monoisotopic (exact) mass is 342 g/mol. The van der Waals surface area contributed by atoms with E-state index in [4.69, 9.17) is 4.74 Å². The molecular weight excluding hydrogens is 316 g/mol. The van der Waals surface area contributed by atoms with Crippen molar-refractivity contribution >= 4 is 5.91 Å². The molecule has 25 heavy (non-hydrogen) atoms. The number of ether oxygens (including phenoxy) is 1. The summed E-state index contributed by atoms with van der Waals surface area (Å²) < 4.78 is 7.22. The minimum Gasteiger partial charge on any atom is -0.496 e. The average molecular weight is 342 g/mol. The van der Waals surface area contributed by atoms with Crippen LogP contribution in [0.2, 0.25) is 0 Å². The number of para-hydroxylation sites is 1. The Bertz CT molecular complexity index is 680. The lowest BCUT2D eigenvalue weighted by Crippen LogP contribution is -2.39. The highest BCUT2D eigenvalue weighted by Gasteiger charge is 2.27. The van der Waals surface area contributed by atoms with Crippen molar-refractivity contribution < 1.29 is 9.53 Å². The molecule has 0 aliphatic carbocycles. The fraction of sp³-hybridized carbons (Fsp3) is 0.474. The predicted molar refractivity (Wildman–Crippen MR) is 96.5 cm³/mol. The number of carbonyl (C=O) groups is 1. The Kier molecular flexibility index (Phi) is 5.71. The number of hydrogen-bond acceptors (Lipinski definition) is 4. The summed E-state index contributed by atoms with van der Waals surface area (Å²) in [4.78, 5) is 15.0. The topological polar surface area (TPSA) is 59.4 Å². The molecule has 2 heterocycles. The Morgan fingerprint density at radius 2 is 2.04 bits per heavy atom. The van der Waals surface area contributed by atoms with Crippen LogP contribution in [0.4, 0.5) is 0 Å². The lowest BCUT2D eigenvalue weighted by Gasteiger charge is -2.29. The zero-order valence-corrected chi connectivity index (χ0v) is 14.9. The summed E-state index contributed by atoms with van der Waals surface area (Å²) >= 11 is 0. The highest BCUT2D eigenvalue weighted by molar-refractivity contribution is 5.79. The quantitative estimate of drug-likeness (QED) is 0.839. The van der Waals surface area contributed by atoms with Crippen LogP contribution in [0.5, 0.6) is 5.75 Å². The number of amides is 1. The van der Waals surface area contributed by atoms with E-state index >= 15 is 0 Å². The van der Waals surface area contributed by atoms with Crippen LogP contribution in [0.25, 0.3) is 0 Å². The van der Waals surface area contributed by atoms with Crippen molar-refractivity contribution in [3.63, 3.8) is 0 Å². The van der Waals surface area contributed by atoms with Crippen LogP contribution in [0.1, 0.15) is 37.4 Å². The smallest absolute Gasteiger partial charge is 0.244 e. The van der Waals surface area contributed by atoms with E-state index in [2.05, 4.69) is 21.4 Å². The molecule has 0 bridgehead atoms. The molecule has 1 aromatic carbocycles. The van der Waals surface area contributed by atoms with E-state index in [-0.39, 0.29) is 18.0 Å². The van der Waals surface area contributed by atoms with Crippen LogP contribution in [0.15, 0.2) is 42.7 Å². The number of methoxy groups -OCH3 is 1. The van der Waals surface area contributed by atoms with Crippen LogP contribution >= 0.6 is 0 Å². The van der Waals surface area contributed by atoms with Crippen LogP contribution in [0, 0.1) is 0 Å². The Balaban J connectivity index is 1.73. The molecule has 1 amide bonds. The van der Waals surface area contributed by atoms with E-state index in [1.54, 1.807) is 18.0 Å². The highest BCUT2D eigenvalue weighted by atomic mass is 16.5. The summed E-state index contributed by atoms with van der Waals surface area (Å²) in [5, 5.41) is 7.25. The van der Waals surface area contributed by atoms with Gasteiger partial charge in [-0.3, -0.25) is 14.4 Å². The standard InChI is InChI=1S/C19H26N4O2/c1-15(23-13-7-10-21-23)19(24)20-14-17(22-11-5-6-12-22)16-8-3-4-9-18(16)25-2/h3-4,7-10,13,15,17H,5-6,11-12,14H2,1-2H3,(H,20,24)/t15-,17+/m1/s1. The highest BCUT2D eigenvalue weighted by Crippen LogP contribution is 2.31.